The smallest absolute Gasteiger partial charge is 0.136 e. The molecule has 0 aliphatic heterocycles. The minimum atomic E-state index is 0.881. The number of benzene rings is 10. The van der Waals surface area contributed by atoms with E-state index < -0.39 is 0 Å². The minimum Gasteiger partial charge on any atom is -0.456 e. The molecule has 0 saturated carbocycles. The Hall–Kier alpha value is -7.46. The van der Waals surface area contributed by atoms with Crippen molar-refractivity contribution in [3.8, 4) is 33.4 Å². The van der Waals surface area contributed by atoms with Gasteiger partial charge in [-0.05, 0) is 74.8 Å². The molecule has 276 valence electrons. The van der Waals surface area contributed by atoms with Crippen LogP contribution in [0, 0.1) is 0 Å². The van der Waals surface area contributed by atoms with Crippen LogP contribution in [0.3, 0.4) is 0 Å². The predicted octanol–water partition coefficient (Wildman–Crippen LogP) is 16.7. The van der Waals surface area contributed by atoms with Crippen molar-refractivity contribution in [1.82, 2.24) is 0 Å². The highest BCUT2D eigenvalue weighted by atomic mass is 32.1. The molecule has 0 amide bonds. The highest BCUT2D eigenvalue weighted by molar-refractivity contribution is 7.26. The molecule has 59 heavy (non-hydrogen) atoms. The van der Waals surface area contributed by atoms with Crippen molar-refractivity contribution < 1.29 is 4.42 Å². The first kappa shape index (κ1) is 33.7. The van der Waals surface area contributed by atoms with E-state index >= 15 is 0 Å². The standard InChI is InChI=1S/C56H35NOS/c1-2-17-36(18-3-1)37-19-14-20-38(35-37)53-43-25-6-4-21-39(43)40-22-5-7-26-45(40)55(53)57(49-31-15-29-46-42-24-10-13-34-52(42)59-56(46)49)48-30-11-8-23-41(48)44-28-16-33-51-54(44)47-27-9-12-32-50(47)58-51/h1-35H. The van der Waals surface area contributed by atoms with Crippen LogP contribution in [-0.4, -0.2) is 0 Å². The minimum absolute atomic E-state index is 0.881. The van der Waals surface area contributed by atoms with E-state index in [1.54, 1.807) is 0 Å². The molecule has 0 N–H and O–H groups in total. The summed E-state index contributed by atoms with van der Waals surface area (Å²) in [6, 6.07) is 77.1. The largest absolute Gasteiger partial charge is 0.456 e. The third-order valence-corrected chi connectivity index (χ3v) is 13.1. The predicted molar refractivity (Wildman–Crippen MR) is 253 cm³/mol. The van der Waals surface area contributed by atoms with Crippen LogP contribution in [-0.2, 0) is 0 Å². The van der Waals surface area contributed by atoms with Gasteiger partial charge < -0.3 is 9.32 Å². The van der Waals surface area contributed by atoms with Crippen LogP contribution in [0.1, 0.15) is 0 Å². The number of nitrogens with zero attached hydrogens (tertiary/aromatic N) is 1. The zero-order chi connectivity index (χ0) is 38.9. The van der Waals surface area contributed by atoms with E-state index in [1.807, 2.05) is 17.4 Å². The van der Waals surface area contributed by atoms with Crippen molar-refractivity contribution in [3.63, 3.8) is 0 Å². The van der Waals surface area contributed by atoms with Gasteiger partial charge in [-0.15, -0.1) is 11.3 Å². The fourth-order valence-corrected chi connectivity index (χ4v) is 10.5. The summed E-state index contributed by atoms with van der Waals surface area (Å²) in [6.07, 6.45) is 0. The van der Waals surface area contributed by atoms with Crippen LogP contribution in [0.15, 0.2) is 217 Å². The Morgan fingerprint density at radius 1 is 0.356 bits per heavy atom. The molecule has 12 aromatic rings. The van der Waals surface area contributed by atoms with E-state index in [1.165, 1.54) is 58.4 Å². The van der Waals surface area contributed by atoms with Gasteiger partial charge in [-0.3, -0.25) is 0 Å². The van der Waals surface area contributed by atoms with Gasteiger partial charge in [0, 0.05) is 42.8 Å². The molecular weight excluding hydrogens is 735 g/mol. The van der Waals surface area contributed by atoms with Crippen LogP contribution in [0.5, 0.6) is 0 Å². The molecule has 3 heteroatoms. The first-order valence-electron chi connectivity index (χ1n) is 20.1. The van der Waals surface area contributed by atoms with Gasteiger partial charge in [-0.1, -0.05) is 176 Å². The molecule has 10 aromatic carbocycles. The van der Waals surface area contributed by atoms with Crippen LogP contribution >= 0.6 is 11.3 Å². The van der Waals surface area contributed by atoms with Crippen molar-refractivity contribution in [3.05, 3.63) is 212 Å². The summed E-state index contributed by atoms with van der Waals surface area (Å²) in [5, 5.41) is 9.61. The van der Waals surface area contributed by atoms with Crippen molar-refractivity contribution in [1.29, 1.82) is 0 Å². The zero-order valence-electron chi connectivity index (χ0n) is 32.0. The Balaban J connectivity index is 1.26. The summed E-state index contributed by atoms with van der Waals surface area (Å²) in [6.45, 7) is 0. The summed E-state index contributed by atoms with van der Waals surface area (Å²) < 4.78 is 9.02. The van der Waals surface area contributed by atoms with E-state index in [4.69, 9.17) is 4.42 Å². The van der Waals surface area contributed by atoms with E-state index in [0.29, 0.717) is 0 Å². The number of furan rings is 1. The van der Waals surface area contributed by atoms with Gasteiger partial charge in [0.1, 0.15) is 11.2 Å². The molecule has 0 atom stereocenters. The fourth-order valence-electron chi connectivity index (χ4n) is 9.31. The molecule has 0 radical (unpaired) electrons. The van der Waals surface area contributed by atoms with Gasteiger partial charge in [0.15, 0.2) is 0 Å². The highest BCUT2D eigenvalue weighted by Gasteiger charge is 2.28. The Morgan fingerprint density at radius 2 is 0.915 bits per heavy atom. The topological polar surface area (TPSA) is 16.4 Å². The molecular formula is C56H35NOS. The SMILES string of the molecule is c1ccc(-c2cccc(-c3c(N(c4ccccc4-c4cccc5oc6ccccc6c45)c4cccc5c4sc4ccccc45)c4ccccc4c4ccccc34)c2)cc1. The van der Waals surface area contributed by atoms with E-state index in [2.05, 4.69) is 211 Å². The number of fused-ring (bicyclic) bond motifs is 9. The first-order valence-corrected chi connectivity index (χ1v) is 20.9. The molecule has 0 aliphatic carbocycles. The molecule has 2 heterocycles. The van der Waals surface area contributed by atoms with Gasteiger partial charge in [0.25, 0.3) is 0 Å². The second kappa shape index (κ2) is 13.6. The van der Waals surface area contributed by atoms with Crippen molar-refractivity contribution in [2.45, 2.75) is 0 Å². The number of hydrogen-bond acceptors (Lipinski definition) is 3. The van der Waals surface area contributed by atoms with Crippen molar-refractivity contribution in [2.24, 2.45) is 0 Å². The second-order valence-corrected chi connectivity index (χ2v) is 16.2. The lowest BCUT2D eigenvalue weighted by Gasteiger charge is -2.32. The molecule has 12 rings (SSSR count). The van der Waals surface area contributed by atoms with E-state index in [9.17, 15) is 0 Å². The fraction of sp³-hybridized carbons (Fsp3) is 0. The molecule has 2 aromatic heterocycles. The van der Waals surface area contributed by atoms with Crippen LogP contribution < -0.4 is 4.90 Å². The Morgan fingerprint density at radius 3 is 1.78 bits per heavy atom. The number of hydrogen-bond donors (Lipinski definition) is 0. The lowest BCUT2D eigenvalue weighted by molar-refractivity contribution is 0.669. The normalized spacial score (nSPS) is 11.7. The average molecular weight is 770 g/mol. The third-order valence-electron chi connectivity index (χ3n) is 11.8. The lowest BCUT2D eigenvalue weighted by atomic mass is 9.88. The van der Waals surface area contributed by atoms with Crippen LogP contribution in [0.25, 0.3) is 97.0 Å². The highest BCUT2D eigenvalue weighted by Crippen LogP contribution is 2.54. The van der Waals surface area contributed by atoms with Crippen molar-refractivity contribution in [2.75, 3.05) is 4.90 Å². The Kier molecular flexibility index (Phi) is 7.75. The van der Waals surface area contributed by atoms with Crippen LogP contribution in [0.2, 0.25) is 0 Å². The molecule has 2 nitrogen and oxygen atoms in total. The second-order valence-electron chi connectivity index (χ2n) is 15.1. The van der Waals surface area contributed by atoms with Gasteiger partial charge >= 0.3 is 0 Å². The van der Waals surface area contributed by atoms with Gasteiger partial charge in [0.2, 0.25) is 0 Å². The van der Waals surface area contributed by atoms with Gasteiger partial charge in [-0.25, -0.2) is 0 Å². The molecule has 0 fully saturated rings. The maximum atomic E-state index is 6.49. The number of para-hydroxylation sites is 2. The number of rotatable bonds is 6. The number of anilines is 3. The zero-order valence-corrected chi connectivity index (χ0v) is 32.8. The molecule has 0 saturated heterocycles. The van der Waals surface area contributed by atoms with Crippen LogP contribution in [0.4, 0.5) is 17.1 Å². The van der Waals surface area contributed by atoms with Crippen molar-refractivity contribution >= 4 is 92.1 Å². The third kappa shape index (κ3) is 5.33. The summed E-state index contributed by atoms with van der Waals surface area (Å²) in [5.74, 6) is 0. The Bertz CT molecular complexity index is 3580. The van der Waals surface area contributed by atoms with E-state index in [-0.39, 0.29) is 0 Å². The molecule has 0 aliphatic rings. The summed E-state index contributed by atoms with van der Waals surface area (Å²) in [4.78, 5) is 2.58. The average Bonchev–Trinajstić information content (AvgIpc) is 3.89. The molecule has 0 unspecified atom stereocenters. The van der Waals surface area contributed by atoms with E-state index in [0.717, 1.165) is 55.7 Å². The monoisotopic (exact) mass is 769 g/mol. The first-order chi connectivity index (χ1) is 29.3. The lowest BCUT2D eigenvalue weighted by Crippen LogP contribution is -2.13. The summed E-state index contributed by atoms with van der Waals surface area (Å²) >= 11 is 1.87. The summed E-state index contributed by atoms with van der Waals surface area (Å²) in [5.41, 5.74) is 12.1. The summed E-state index contributed by atoms with van der Waals surface area (Å²) in [7, 11) is 0. The maximum absolute atomic E-state index is 6.49. The quantitative estimate of drug-likeness (QED) is 0.157. The molecule has 0 bridgehead atoms. The number of thiophene rings is 1. The van der Waals surface area contributed by atoms with Gasteiger partial charge in [-0.2, -0.15) is 0 Å². The Labute approximate surface area is 345 Å². The van der Waals surface area contributed by atoms with Gasteiger partial charge in [0.05, 0.1) is 21.8 Å². The maximum Gasteiger partial charge on any atom is 0.136 e. The molecule has 0 spiro atoms.